The molecule has 21 heavy (non-hydrogen) atoms. The second kappa shape index (κ2) is 5.84. The fourth-order valence-corrected chi connectivity index (χ4v) is 2.34. The molecule has 7 heteroatoms. The Morgan fingerprint density at radius 1 is 1.24 bits per heavy atom. The number of hydrogen-bond acceptors (Lipinski definition) is 6. The quantitative estimate of drug-likeness (QED) is 0.743. The van der Waals surface area contributed by atoms with Crippen molar-refractivity contribution in [1.82, 2.24) is 30.6 Å². The number of likely N-dealkylation sites (N-methyl/N-ethyl adjacent to an activating group) is 1. The summed E-state index contributed by atoms with van der Waals surface area (Å²) in [5.74, 6) is 1.50. The number of hydrogen-bond donors (Lipinski definition) is 2. The number of nitrogens with one attached hydrogen (secondary N) is 2. The van der Waals surface area contributed by atoms with Gasteiger partial charge in [-0.15, -0.1) is 0 Å². The summed E-state index contributed by atoms with van der Waals surface area (Å²) in [5.41, 5.74) is 1.17. The Morgan fingerprint density at radius 2 is 2.05 bits per heavy atom. The van der Waals surface area contributed by atoms with Crippen LogP contribution in [-0.4, -0.2) is 32.4 Å². The molecule has 2 N–H and O–H groups in total. The van der Waals surface area contributed by atoms with Crippen molar-refractivity contribution in [3.8, 4) is 11.6 Å². The van der Waals surface area contributed by atoms with E-state index < -0.39 is 0 Å². The van der Waals surface area contributed by atoms with E-state index in [1.165, 1.54) is 11.9 Å². The van der Waals surface area contributed by atoms with Crippen LogP contribution in [0.25, 0.3) is 11.6 Å². The van der Waals surface area contributed by atoms with Gasteiger partial charge in [0.1, 0.15) is 6.33 Å². The molecule has 7 nitrogen and oxygen atoms in total. The Bertz CT molecular complexity index is 679. The van der Waals surface area contributed by atoms with Gasteiger partial charge in [-0.25, -0.2) is 4.98 Å². The van der Waals surface area contributed by atoms with Crippen molar-refractivity contribution >= 4 is 0 Å². The van der Waals surface area contributed by atoms with Crippen molar-refractivity contribution < 1.29 is 4.52 Å². The molecule has 0 saturated heterocycles. The highest BCUT2D eigenvalue weighted by Crippen LogP contribution is 2.29. The molecule has 2 aromatic heterocycles. The van der Waals surface area contributed by atoms with E-state index in [4.69, 9.17) is 4.52 Å². The van der Waals surface area contributed by atoms with Gasteiger partial charge in [0.25, 0.3) is 0 Å². The standard InChI is InChI=1S/C14H16N6O/c1-9(11(15-2)10-6-4-3-5-7-10)14-18-13(20-21-14)12-16-8-17-19-12/h3-9,11,15H,1-2H3,(H,16,17,19). The second-order valence-corrected chi connectivity index (χ2v) is 4.76. The molecule has 2 atom stereocenters. The molecule has 3 aromatic rings. The Kier molecular flexibility index (Phi) is 3.74. The summed E-state index contributed by atoms with van der Waals surface area (Å²) in [7, 11) is 1.92. The van der Waals surface area contributed by atoms with Crippen molar-refractivity contribution in [2.45, 2.75) is 18.9 Å². The van der Waals surface area contributed by atoms with Gasteiger partial charge < -0.3 is 9.84 Å². The van der Waals surface area contributed by atoms with Gasteiger partial charge in [-0.1, -0.05) is 42.4 Å². The minimum Gasteiger partial charge on any atom is -0.338 e. The maximum absolute atomic E-state index is 5.37. The van der Waals surface area contributed by atoms with Gasteiger partial charge in [0, 0.05) is 6.04 Å². The van der Waals surface area contributed by atoms with E-state index >= 15 is 0 Å². The summed E-state index contributed by atoms with van der Waals surface area (Å²) in [6, 6.07) is 10.3. The number of H-pyrrole nitrogens is 1. The van der Waals surface area contributed by atoms with Gasteiger partial charge in [0.15, 0.2) is 5.82 Å². The van der Waals surface area contributed by atoms with Crippen LogP contribution in [0, 0.1) is 0 Å². The molecule has 0 aliphatic heterocycles. The molecular formula is C14H16N6O. The topological polar surface area (TPSA) is 92.5 Å². The first-order valence-electron chi connectivity index (χ1n) is 6.71. The lowest BCUT2D eigenvalue weighted by atomic mass is 9.94. The average Bonchev–Trinajstić information content (AvgIpc) is 3.20. The smallest absolute Gasteiger partial charge is 0.239 e. The van der Waals surface area contributed by atoms with Crippen LogP contribution < -0.4 is 5.32 Å². The highest BCUT2D eigenvalue weighted by Gasteiger charge is 2.25. The van der Waals surface area contributed by atoms with Crippen LogP contribution >= 0.6 is 0 Å². The minimum absolute atomic E-state index is 0.0292. The van der Waals surface area contributed by atoms with E-state index in [2.05, 4.69) is 42.8 Å². The van der Waals surface area contributed by atoms with Crippen molar-refractivity contribution in [3.05, 3.63) is 48.1 Å². The summed E-state index contributed by atoms with van der Waals surface area (Å²) >= 11 is 0. The molecule has 0 fully saturated rings. The molecule has 2 heterocycles. The van der Waals surface area contributed by atoms with Gasteiger partial charge in [0.05, 0.1) is 5.92 Å². The predicted octanol–water partition coefficient (Wildman–Crippen LogP) is 1.92. The first-order valence-corrected chi connectivity index (χ1v) is 6.71. The first-order chi connectivity index (χ1) is 10.3. The molecular weight excluding hydrogens is 268 g/mol. The molecule has 2 unspecified atom stereocenters. The van der Waals surface area contributed by atoms with Crippen LogP contribution in [0.2, 0.25) is 0 Å². The normalized spacial score (nSPS) is 14.0. The lowest BCUT2D eigenvalue weighted by Gasteiger charge is -2.21. The molecule has 1 aromatic carbocycles. The lowest BCUT2D eigenvalue weighted by Crippen LogP contribution is -2.22. The molecule has 0 spiro atoms. The van der Waals surface area contributed by atoms with Crippen molar-refractivity contribution in [3.63, 3.8) is 0 Å². The van der Waals surface area contributed by atoms with E-state index in [-0.39, 0.29) is 12.0 Å². The highest BCUT2D eigenvalue weighted by atomic mass is 16.5. The summed E-state index contributed by atoms with van der Waals surface area (Å²) in [5, 5.41) is 13.7. The Balaban J connectivity index is 1.86. The molecule has 108 valence electrons. The van der Waals surface area contributed by atoms with Crippen LogP contribution in [-0.2, 0) is 0 Å². The third-order valence-corrected chi connectivity index (χ3v) is 3.43. The largest absolute Gasteiger partial charge is 0.338 e. The number of benzene rings is 1. The predicted molar refractivity (Wildman–Crippen MR) is 76.3 cm³/mol. The average molecular weight is 284 g/mol. The molecule has 0 bridgehead atoms. The number of nitrogens with zero attached hydrogens (tertiary/aromatic N) is 4. The first kappa shape index (κ1) is 13.4. The number of rotatable bonds is 5. The summed E-state index contributed by atoms with van der Waals surface area (Å²) in [6.07, 6.45) is 1.41. The van der Waals surface area contributed by atoms with Gasteiger partial charge in [-0.05, 0) is 12.6 Å². The van der Waals surface area contributed by atoms with Crippen LogP contribution in [0.3, 0.4) is 0 Å². The van der Waals surface area contributed by atoms with Crippen LogP contribution in [0.4, 0.5) is 0 Å². The van der Waals surface area contributed by atoms with E-state index in [9.17, 15) is 0 Å². The van der Waals surface area contributed by atoms with E-state index in [0.717, 1.165) is 0 Å². The van der Waals surface area contributed by atoms with Gasteiger partial charge in [-0.2, -0.15) is 10.1 Å². The second-order valence-electron chi connectivity index (χ2n) is 4.76. The van der Waals surface area contributed by atoms with Crippen LogP contribution in [0.15, 0.2) is 41.2 Å². The van der Waals surface area contributed by atoms with Crippen molar-refractivity contribution in [2.24, 2.45) is 0 Å². The molecule has 0 aliphatic rings. The fourth-order valence-electron chi connectivity index (χ4n) is 2.34. The minimum atomic E-state index is 0.0292. The Labute approximate surface area is 121 Å². The molecule has 0 amide bonds. The van der Waals surface area contributed by atoms with E-state index in [0.29, 0.717) is 17.5 Å². The fraction of sp³-hybridized carbons (Fsp3) is 0.286. The Morgan fingerprint density at radius 3 is 2.71 bits per heavy atom. The van der Waals surface area contributed by atoms with E-state index in [1.807, 2.05) is 32.2 Å². The Hall–Kier alpha value is -2.54. The van der Waals surface area contributed by atoms with E-state index in [1.54, 1.807) is 0 Å². The lowest BCUT2D eigenvalue weighted by molar-refractivity contribution is 0.331. The van der Waals surface area contributed by atoms with Crippen LogP contribution in [0.1, 0.15) is 30.3 Å². The SMILES string of the molecule is CNC(c1ccccc1)C(C)c1nc(-c2ncn[nH]2)no1. The summed E-state index contributed by atoms with van der Waals surface area (Å²) < 4.78 is 5.37. The monoisotopic (exact) mass is 284 g/mol. The number of aromatic amines is 1. The van der Waals surface area contributed by atoms with Crippen molar-refractivity contribution in [1.29, 1.82) is 0 Å². The third-order valence-electron chi connectivity index (χ3n) is 3.43. The van der Waals surface area contributed by atoms with Crippen molar-refractivity contribution in [2.75, 3.05) is 7.05 Å². The van der Waals surface area contributed by atoms with Crippen LogP contribution in [0.5, 0.6) is 0 Å². The summed E-state index contributed by atoms with van der Waals surface area (Å²) in [6.45, 7) is 2.05. The maximum atomic E-state index is 5.37. The number of aromatic nitrogens is 5. The highest BCUT2D eigenvalue weighted by molar-refractivity contribution is 5.40. The molecule has 0 saturated carbocycles. The molecule has 0 radical (unpaired) electrons. The van der Waals surface area contributed by atoms with Gasteiger partial charge >= 0.3 is 0 Å². The van der Waals surface area contributed by atoms with Gasteiger partial charge in [-0.3, -0.25) is 5.10 Å². The zero-order valence-electron chi connectivity index (χ0n) is 11.8. The zero-order valence-corrected chi connectivity index (χ0v) is 11.8. The maximum Gasteiger partial charge on any atom is 0.239 e. The molecule has 0 aliphatic carbocycles. The third kappa shape index (κ3) is 2.68. The zero-order chi connectivity index (χ0) is 14.7. The summed E-state index contributed by atoms with van der Waals surface area (Å²) in [4.78, 5) is 8.41. The molecule has 3 rings (SSSR count). The van der Waals surface area contributed by atoms with Gasteiger partial charge in [0.2, 0.25) is 11.7 Å².